The van der Waals surface area contributed by atoms with Crippen LogP contribution in [0, 0.1) is 0 Å². The summed E-state index contributed by atoms with van der Waals surface area (Å²) >= 11 is 13.7. The van der Waals surface area contributed by atoms with Crippen molar-refractivity contribution in [2.24, 2.45) is 5.10 Å². The lowest BCUT2D eigenvalue weighted by atomic mass is 10.1. The van der Waals surface area contributed by atoms with Gasteiger partial charge in [-0.05, 0) is 30.3 Å². The van der Waals surface area contributed by atoms with Crippen LogP contribution < -0.4 is 5.43 Å². The fourth-order valence-corrected chi connectivity index (χ4v) is 3.61. The fraction of sp³-hybridized carbons (Fsp3) is 0. The van der Waals surface area contributed by atoms with Crippen molar-refractivity contribution in [1.82, 2.24) is 9.97 Å². The van der Waals surface area contributed by atoms with Crippen LogP contribution in [0.2, 0.25) is 10.0 Å². The van der Waals surface area contributed by atoms with Crippen molar-refractivity contribution in [3.8, 4) is 11.3 Å². The second kappa shape index (κ2) is 8.52. The van der Waals surface area contributed by atoms with Crippen LogP contribution in [0.5, 0.6) is 0 Å². The van der Waals surface area contributed by atoms with Crippen molar-refractivity contribution in [2.75, 3.05) is 5.43 Å². The van der Waals surface area contributed by atoms with Gasteiger partial charge >= 0.3 is 0 Å². The van der Waals surface area contributed by atoms with Crippen LogP contribution in [0.1, 0.15) is 11.3 Å². The van der Waals surface area contributed by atoms with Gasteiger partial charge in [-0.2, -0.15) is 5.10 Å². The van der Waals surface area contributed by atoms with Gasteiger partial charge in [0.05, 0.1) is 11.4 Å². The molecule has 0 aliphatic rings. The highest BCUT2D eigenvalue weighted by atomic mass is 35.5. The number of pyridine rings is 1. The van der Waals surface area contributed by atoms with Crippen LogP contribution in [0.4, 0.5) is 5.13 Å². The van der Waals surface area contributed by atoms with Gasteiger partial charge in [0.1, 0.15) is 5.71 Å². The number of aromatic nitrogens is 2. The Balaban J connectivity index is 1.65. The average molecular weight is 425 g/mol. The van der Waals surface area contributed by atoms with E-state index in [9.17, 15) is 0 Å². The molecule has 0 radical (unpaired) electrons. The molecule has 0 aliphatic heterocycles. The Morgan fingerprint density at radius 1 is 0.929 bits per heavy atom. The van der Waals surface area contributed by atoms with Crippen molar-refractivity contribution in [3.05, 3.63) is 99.6 Å². The zero-order chi connectivity index (χ0) is 19.3. The molecule has 138 valence electrons. The lowest BCUT2D eigenvalue weighted by Gasteiger charge is -2.07. The Morgan fingerprint density at radius 2 is 1.71 bits per heavy atom. The van der Waals surface area contributed by atoms with E-state index in [1.807, 2.05) is 72.1 Å². The Hall–Kier alpha value is -2.73. The molecule has 7 heteroatoms. The minimum absolute atomic E-state index is 0.664. The summed E-state index contributed by atoms with van der Waals surface area (Å²) in [5, 5.41) is 8.51. The molecule has 28 heavy (non-hydrogen) atoms. The second-order valence-corrected chi connectivity index (χ2v) is 7.51. The Labute approximate surface area is 176 Å². The molecular weight excluding hydrogens is 411 g/mol. The van der Waals surface area contributed by atoms with Gasteiger partial charge in [-0.25, -0.2) is 4.98 Å². The molecule has 2 heterocycles. The van der Waals surface area contributed by atoms with Gasteiger partial charge in [-0.1, -0.05) is 59.6 Å². The van der Waals surface area contributed by atoms with Crippen molar-refractivity contribution < 1.29 is 0 Å². The lowest BCUT2D eigenvalue weighted by molar-refractivity contribution is 1.24. The van der Waals surface area contributed by atoms with Gasteiger partial charge < -0.3 is 0 Å². The van der Waals surface area contributed by atoms with Crippen LogP contribution in [-0.2, 0) is 0 Å². The molecule has 0 fully saturated rings. The lowest BCUT2D eigenvalue weighted by Crippen LogP contribution is -2.08. The number of hydrogen-bond donors (Lipinski definition) is 1. The minimum Gasteiger partial charge on any atom is -0.255 e. The predicted molar refractivity (Wildman–Crippen MR) is 118 cm³/mol. The van der Waals surface area contributed by atoms with E-state index in [0.29, 0.717) is 20.9 Å². The SMILES string of the molecule is Clc1ccc(/C(=N\Nc2nc(-c3ccccc3Cl)cs2)c2ccccn2)cc1. The summed E-state index contributed by atoms with van der Waals surface area (Å²) in [4.78, 5) is 9.01. The number of benzene rings is 2. The van der Waals surface area contributed by atoms with E-state index in [-0.39, 0.29) is 0 Å². The topological polar surface area (TPSA) is 50.2 Å². The van der Waals surface area contributed by atoms with Crippen LogP contribution in [-0.4, -0.2) is 15.7 Å². The highest BCUT2D eigenvalue weighted by molar-refractivity contribution is 7.14. The van der Waals surface area contributed by atoms with Crippen molar-refractivity contribution in [1.29, 1.82) is 0 Å². The van der Waals surface area contributed by atoms with Gasteiger partial charge in [0.2, 0.25) is 5.13 Å². The van der Waals surface area contributed by atoms with Crippen molar-refractivity contribution >= 4 is 45.4 Å². The van der Waals surface area contributed by atoms with Crippen LogP contribution in [0.15, 0.2) is 83.4 Å². The van der Waals surface area contributed by atoms with E-state index in [1.165, 1.54) is 11.3 Å². The number of halogens is 2. The van der Waals surface area contributed by atoms with E-state index in [1.54, 1.807) is 6.20 Å². The van der Waals surface area contributed by atoms with E-state index in [2.05, 4.69) is 20.5 Å². The first-order valence-corrected chi connectivity index (χ1v) is 10.1. The summed E-state index contributed by atoms with van der Waals surface area (Å²) in [6, 6.07) is 20.8. The highest BCUT2D eigenvalue weighted by Crippen LogP contribution is 2.30. The molecule has 4 aromatic rings. The number of nitrogens with one attached hydrogen (secondary N) is 1. The van der Waals surface area contributed by atoms with Gasteiger partial charge in [0, 0.05) is 32.7 Å². The van der Waals surface area contributed by atoms with Crippen LogP contribution in [0.25, 0.3) is 11.3 Å². The maximum absolute atomic E-state index is 6.27. The third kappa shape index (κ3) is 4.22. The van der Waals surface area contributed by atoms with Gasteiger partial charge in [0.15, 0.2) is 0 Å². The van der Waals surface area contributed by atoms with E-state index in [0.717, 1.165) is 22.5 Å². The number of nitrogens with zero attached hydrogens (tertiary/aromatic N) is 3. The Kier molecular flexibility index (Phi) is 5.67. The van der Waals surface area contributed by atoms with E-state index in [4.69, 9.17) is 23.2 Å². The van der Waals surface area contributed by atoms with Crippen LogP contribution >= 0.6 is 34.5 Å². The number of anilines is 1. The summed E-state index contributed by atoms with van der Waals surface area (Å²) in [5.74, 6) is 0. The van der Waals surface area contributed by atoms with Gasteiger partial charge in [-0.15, -0.1) is 11.3 Å². The first-order valence-electron chi connectivity index (χ1n) is 8.42. The summed E-state index contributed by atoms with van der Waals surface area (Å²) in [5.41, 5.74) is 7.09. The number of hydrazone groups is 1. The summed E-state index contributed by atoms with van der Waals surface area (Å²) in [6.07, 6.45) is 1.74. The first-order chi connectivity index (χ1) is 13.7. The van der Waals surface area contributed by atoms with E-state index >= 15 is 0 Å². The minimum atomic E-state index is 0.664. The third-order valence-corrected chi connectivity index (χ3v) is 5.27. The van der Waals surface area contributed by atoms with Crippen molar-refractivity contribution in [2.45, 2.75) is 0 Å². The number of hydrogen-bond acceptors (Lipinski definition) is 5. The molecule has 0 spiro atoms. The summed E-state index contributed by atoms with van der Waals surface area (Å²) in [7, 11) is 0. The van der Waals surface area contributed by atoms with Gasteiger partial charge in [0.25, 0.3) is 0 Å². The molecule has 0 atom stereocenters. The summed E-state index contributed by atoms with van der Waals surface area (Å²) in [6.45, 7) is 0. The van der Waals surface area contributed by atoms with Crippen LogP contribution in [0.3, 0.4) is 0 Å². The quantitative estimate of drug-likeness (QED) is 0.298. The van der Waals surface area contributed by atoms with Crippen molar-refractivity contribution in [3.63, 3.8) is 0 Å². The number of thiazole rings is 1. The molecule has 2 aromatic heterocycles. The Bertz CT molecular complexity index is 1110. The molecule has 0 bridgehead atoms. The fourth-order valence-electron chi connectivity index (χ4n) is 2.60. The molecule has 0 saturated heterocycles. The molecule has 4 nitrogen and oxygen atoms in total. The summed E-state index contributed by atoms with van der Waals surface area (Å²) < 4.78 is 0. The monoisotopic (exact) mass is 424 g/mol. The molecular formula is C21H14Cl2N4S. The number of rotatable bonds is 5. The highest BCUT2D eigenvalue weighted by Gasteiger charge is 2.11. The molecule has 0 aliphatic carbocycles. The smallest absolute Gasteiger partial charge is 0.203 e. The molecule has 0 amide bonds. The van der Waals surface area contributed by atoms with Gasteiger partial charge in [-0.3, -0.25) is 10.4 Å². The second-order valence-electron chi connectivity index (χ2n) is 5.81. The average Bonchev–Trinajstić information content (AvgIpc) is 3.19. The standard InChI is InChI=1S/C21H14Cl2N4S/c22-15-10-8-14(9-11-15)20(18-7-3-4-12-24-18)26-27-21-25-19(13-28-21)16-5-1-2-6-17(16)23/h1-13H,(H,25,27)/b26-20+. The maximum Gasteiger partial charge on any atom is 0.203 e. The largest absolute Gasteiger partial charge is 0.255 e. The zero-order valence-electron chi connectivity index (χ0n) is 14.5. The molecule has 1 N–H and O–H groups in total. The predicted octanol–water partition coefficient (Wildman–Crippen LogP) is 6.38. The first kappa shape index (κ1) is 18.6. The molecule has 2 aromatic carbocycles. The normalized spacial score (nSPS) is 11.4. The maximum atomic E-state index is 6.27. The van der Waals surface area contributed by atoms with E-state index < -0.39 is 0 Å². The molecule has 0 saturated carbocycles. The third-order valence-electron chi connectivity index (χ3n) is 3.94. The molecule has 0 unspecified atom stereocenters. The zero-order valence-corrected chi connectivity index (χ0v) is 16.8. The Morgan fingerprint density at radius 3 is 2.46 bits per heavy atom. The molecule has 4 rings (SSSR count).